The van der Waals surface area contributed by atoms with E-state index in [1.54, 1.807) is 0 Å². The summed E-state index contributed by atoms with van der Waals surface area (Å²) in [5.41, 5.74) is 22.5. The second-order valence-corrected chi connectivity index (χ2v) is 3.12. The van der Waals surface area contributed by atoms with Gasteiger partial charge in [0.05, 0.1) is 0 Å². The summed E-state index contributed by atoms with van der Waals surface area (Å²) in [5, 5.41) is 16.1. The Morgan fingerprint density at radius 3 is 1.11 bits per heavy atom. The topological polar surface area (TPSA) is 208 Å². The van der Waals surface area contributed by atoms with Gasteiger partial charge in [0.15, 0.2) is 0 Å². The number of carboxylic acids is 2. The zero-order valence-corrected chi connectivity index (χ0v) is 11.1. The molecule has 0 aromatic rings. The van der Waals surface area contributed by atoms with Gasteiger partial charge >= 0.3 is 20.4 Å². The van der Waals surface area contributed by atoms with Crippen LogP contribution in [0.15, 0.2) is 0 Å². The van der Waals surface area contributed by atoms with Gasteiger partial charge < -0.3 is 33.1 Å². The van der Waals surface area contributed by atoms with Crippen molar-refractivity contribution in [3.63, 3.8) is 0 Å². The van der Waals surface area contributed by atoms with E-state index in [9.17, 15) is 19.2 Å². The van der Waals surface area contributed by atoms with E-state index in [-0.39, 0.29) is 20.4 Å². The molecule has 0 aliphatic carbocycles. The minimum Gasteiger partial charge on any atom is -0.665 e. The number of primary amides is 2. The third-order valence-corrected chi connectivity index (χ3v) is 1.41. The minimum absolute atomic E-state index is 0. The Bertz CT molecular complexity index is 305. The summed E-state index contributed by atoms with van der Waals surface area (Å²) in [4.78, 5) is 39.6. The molecule has 0 heterocycles. The second kappa shape index (κ2) is 11.5. The molecule has 0 bridgehead atoms. The Labute approximate surface area is 122 Å². The van der Waals surface area contributed by atoms with Crippen molar-refractivity contribution in [1.82, 2.24) is 0 Å². The molecule has 0 spiro atoms. The van der Waals surface area contributed by atoms with Gasteiger partial charge in [0.25, 0.3) is 11.9 Å². The van der Waals surface area contributed by atoms with Crippen molar-refractivity contribution >= 4 is 23.8 Å². The number of amides is 2. The summed E-state index contributed by atoms with van der Waals surface area (Å²) in [6.07, 6.45) is -0.843. The molecular formula is C8H14N4O6Pd. The van der Waals surface area contributed by atoms with Gasteiger partial charge in [-0.2, -0.15) is 0 Å². The molecule has 0 aliphatic heterocycles. The predicted octanol–water partition coefficient (Wildman–Crippen LogP) is -1.27. The number of nitrogens with one attached hydrogen (secondary N) is 2. The zero-order valence-electron chi connectivity index (χ0n) is 9.57. The SMILES string of the molecule is [NH-]C(CC(N)=O)C(=O)O.[NH-]C(CC(N)=O)C(=O)O.[Pd+2]. The van der Waals surface area contributed by atoms with Gasteiger partial charge in [0.1, 0.15) is 0 Å². The third kappa shape index (κ3) is 16.5. The Morgan fingerprint density at radius 1 is 0.842 bits per heavy atom. The van der Waals surface area contributed by atoms with E-state index in [4.69, 9.17) is 21.7 Å². The van der Waals surface area contributed by atoms with Gasteiger partial charge in [-0.25, -0.2) is 0 Å². The monoisotopic (exact) mass is 368 g/mol. The molecule has 0 aliphatic rings. The van der Waals surface area contributed by atoms with Crippen LogP contribution in [-0.4, -0.2) is 46.0 Å². The van der Waals surface area contributed by atoms with Crippen LogP contribution in [0.3, 0.4) is 0 Å². The van der Waals surface area contributed by atoms with Crippen molar-refractivity contribution in [2.75, 3.05) is 0 Å². The van der Waals surface area contributed by atoms with Crippen LogP contribution in [0.5, 0.6) is 0 Å². The summed E-state index contributed by atoms with van der Waals surface area (Å²) in [5.74, 6) is -4.18. The molecule has 0 fully saturated rings. The van der Waals surface area contributed by atoms with Crippen molar-refractivity contribution in [1.29, 1.82) is 0 Å². The normalized spacial score (nSPS) is 11.9. The maximum Gasteiger partial charge on any atom is 2.00 e. The molecule has 0 saturated heterocycles. The number of nitrogens with two attached hydrogens (primary N) is 2. The smallest absolute Gasteiger partial charge is 0.665 e. The van der Waals surface area contributed by atoms with E-state index in [0.29, 0.717) is 0 Å². The maximum atomic E-state index is 9.95. The van der Waals surface area contributed by atoms with Crippen LogP contribution in [0.1, 0.15) is 12.8 Å². The largest absolute Gasteiger partial charge is 2.00 e. The van der Waals surface area contributed by atoms with E-state index in [1.807, 2.05) is 0 Å². The first-order chi connectivity index (χ1) is 8.07. The molecule has 10 nitrogen and oxygen atoms in total. The Balaban J connectivity index is -0.000000256. The van der Waals surface area contributed by atoms with Gasteiger partial charge in [-0.15, -0.1) is 0 Å². The summed E-state index contributed by atoms with van der Waals surface area (Å²) in [6, 6.07) is -2.83. The molecule has 2 unspecified atom stereocenters. The van der Waals surface area contributed by atoms with E-state index in [1.165, 1.54) is 0 Å². The summed E-state index contributed by atoms with van der Waals surface area (Å²) in [6.45, 7) is 0. The van der Waals surface area contributed by atoms with Gasteiger partial charge in [0, 0.05) is 12.8 Å². The van der Waals surface area contributed by atoms with Crippen molar-refractivity contribution in [3.05, 3.63) is 11.5 Å². The molecule has 2 atom stereocenters. The van der Waals surface area contributed by atoms with Crippen LogP contribution >= 0.6 is 0 Å². The Morgan fingerprint density at radius 2 is 1.05 bits per heavy atom. The average molecular weight is 369 g/mol. The van der Waals surface area contributed by atoms with E-state index in [0.717, 1.165) is 0 Å². The molecule has 0 radical (unpaired) electrons. The Hall–Kier alpha value is -1.54. The fourth-order valence-corrected chi connectivity index (χ4v) is 0.577. The molecule has 112 valence electrons. The van der Waals surface area contributed by atoms with E-state index < -0.39 is 48.7 Å². The molecule has 11 heteroatoms. The number of hydrogen-bond donors (Lipinski definition) is 4. The quantitative estimate of drug-likeness (QED) is 0.419. The number of aliphatic carboxylic acids is 2. The molecule has 0 aromatic heterocycles. The summed E-state index contributed by atoms with van der Waals surface area (Å²) in [7, 11) is 0. The van der Waals surface area contributed by atoms with Crippen LogP contribution in [0, 0.1) is 0 Å². The van der Waals surface area contributed by atoms with Crippen LogP contribution < -0.4 is 11.5 Å². The second-order valence-electron chi connectivity index (χ2n) is 3.12. The molecular weight excluding hydrogens is 355 g/mol. The van der Waals surface area contributed by atoms with E-state index in [2.05, 4.69) is 11.5 Å². The maximum absolute atomic E-state index is 9.95. The van der Waals surface area contributed by atoms with Crippen molar-refractivity contribution < 1.29 is 49.8 Å². The number of carboxylic acid groups (broad SMARTS) is 2. The summed E-state index contributed by atoms with van der Waals surface area (Å²) >= 11 is 0. The van der Waals surface area contributed by atoms with Crippen molar-refractivity contribution in [2.24, 2.45) is 11.5 Å². The number of carbonyl (C=O) groups is 4. The first kappa shape index (κ1) is 22.6. The first-order valence-corrected chi connectivity index (χ1v) is 4.52. The van der Waals surface area contributed by atoms with Crippen molar-refractivity contribution in [2.45, 2.75) is 24.9 Å². The number of carbonyl (C=O) groups excluding carboxylic acids is 2. The number of hydrogen-bond acceptors (Lipinski definition) is 4. The molecule has 0 rings (SSSR count). The van der Waals surface area contributed by atoms with Gasteiger partial charge in [-0.3, -0.25) is 19.2 Å². The predicted molar refractivity (Wildman–Crippen MR) is 59.1 cm³/mol. The Kier molecular flexibility index (Phi) is 13.8. The molecule has 0 saturated carbocycles. The number of rotatable bonds is 6. The molecule has 19 heavy (non-hydrogen) atoms. The molecule has 2 amide bonds. The third-order valence-electron chi connectivity index (χ3n) is 1.41. The van der Waals surface area contributed by atoms with Crippen LogP contribution in [0.4, 0.5) is 0 Å². The fourth-order valence-electron chi connectivity index (χ4n) is 0.577. The van der Waals surface area contributed by atoms with Gasteiger partial charge in [-0.1, -0.05) is 0 Å². The van der Waals surface area contributed by atoms with Crippen LogP contribution in [0.2, 0.25) is 0 Å². The average Bonchev–Trinajstić information content (AvgIpc) is 2.16. The summed E-state index contributed by atoms with van der Waals surface area (Å²) < 4.78 is 0. The standard InChI is InChI=1S/2C4H7N2O3.Pd/c2*5-2(4(8)9)1-3(6)7;/h2*2,5H,1H2,(H2,6,7)(H,8,9);/q2*-1;+2. The fraction of sp³-hybridized carbons (Fsp3) is 0.500. The van der Waals surface area contributed by atoms with Crippen molar-refractivity contribution in [3.8, 4) is 0 Å². The zero-order chi connectivity index (χ0) is 14.9. The van der Waals surface area contributed by atoms with Crippen LogP contribution in [-0.2, 0) is 39.6 Å². The van der Waals surface area contributed by atoms with Gasteiger partial charge in [0.2, 0.25) is 11.8 Å². The first-order valence-electron chi connectivity index (χ1n) is 4.52. The van der Waals surface area contributed by atoms with E-state index >= 15 is 0 Å². The minimum atomic E-state index is -1.41. The molecule has 8 N–H and O–H groups in total. The molecule has 0 aromatic carbocycles. The van der Waals surface area contributed by atoms with Crippen LogP contribution in [0.25, 0.3) is 11.5 Å². The van der Waals surface area contributed by atoms with Gasteiger partial charge in [-0.05, 0) is 12.1 Å².